The van der Waals surface area contributed by atoms with E-state index >= 15 is 0 Å². The molecule has 1 aromatic rings. The van der Waals surface area contributed by atoms with Crippen molar-refractivity contribution in [2.45, 2.75) is 44.9 Å². The van der Waals surface area contributed by atoms with Crippen molar-refractivity contribution in [3.05, 3.63) is 61.2 Å². The highest BCUT2D eigenvalue weighted by Crippen LogP contribution is 2.47. The number of likely N-dealkylation sites (tertiary alicyclic amines) is 1. The highest BCUT2D eigenvalue weighted by atomic mass is 16.6. The lowest BCUT2D eigenvalue weighted by Gasteiger charge is -2.54. The van der Waals surface area contributed by atoms with Crippen LogP contribution in [0.5, 0.6) is 0 Å². The van der Waals surface area contributed by atoms with Crippen LogP contribution in [-0.4, -0.2) is 58.9 Å². The number of hydrogen-bond donors (Lipinski definition) is 0. The molecule has 0 N–H and O–H groups in total. The molecule has 1 aliphatic heterocycles. The topological polar surface area (TPSA) is 116 Å². The molecular formula is C25H29NO8. The average molecular weight is 472 g/mol. The fourth-order valence-electron chi connectivity index (χ4n) is 3.75. The van der Waals surface area contributed by atoms with Gasteiger partial charge in [-0.1, -0.05) is 55.6 Å². The molecule has 1 fully saturated rings. The first-order valence-corrected chi connectivity index (χ1v) is 10.6. The fraction of sp³-hybridized carbons (Fsp3) is 0.400. The van der Waals surface area contributed by atoms with Crippen molar-refractivity contribution in [3.8, 4) is 0 Å². The molecule has 1 saturated heterocycles. The van der Waals surface area contributed by atoms with Gasteiger partial charge in [-0.2, -0.15) is 0 Å². The summed E-state index contributed by atoms with van der Waals surface area (Å²) >= 11 is 0. The van der Waals surface area contributed by atoms with Gasteiger partial charge in [-0.15, -0.1) is 0 Å². The van der Waals surface area contributed by atoms with E-state index in [4.69, 9.17) is 14.2 Å². The van der Waals surface area contributed by atoms with E-state index in [1.807, 2.05) is 0 Å². The van der Waals surface area contributed by atoms with Gasteiger partial charge in [0.1, 0.15) is 30.5 Å². The monoisotopic (exact) mass is 471 g/mol. The van der Waals surface area contributed by atoms with Gasteiger partial charge in [0.15, 0.2) is 6.04 Å². The fourth-order valence-corrected chi connectivity index (χ4v) is 3.75. The largest absolute Gasteiger partial charge is 0.459 e. The first-order chi connectivity index (χ1) is 15.9. The third-order valence-corrected chi connectivity index (χ3v) is 4.98. The molecule has 0 aliphatic carbocycles. The van der Waals surface area contributed by atoms with Crippen molar-refractivity contribution >= 4 is 29.6 Å². The third-order valence-electron chi connectivity index (χ3n) is 4.98. The Morgan fingerprint density at radius 2 is 1.53 bits per heavy atom. The number of ketones is 1. The van der Waals surface area contributed by atoms with Gasteiger partial charge < -0.3 is 14.2 Å². The quantitative estimate of drug-likeness (QED) is 0.168. The third kappa shape index (κ3) is 4.93. The van der Waals surface area contributed by atoms with E-state index in [2.05, 4.69) is 13.2 Å². The van der Waals surface area contributed by atoms with E-state index in [1.54, 1.807) is 39.0 Å². The number of ether oxygens (including phenoxy) is 3. The minimum Gasteiger partial charge on any atom is -0.459 e. The highest BCUT2D eigenvalue weighted by Gasteiger charge is 2.76. The summed E-state index contributed by atoms with van der Waals surface area (Å²) in [4.78, 5) is 66.5. The van der Waals surface area contributed by atoms with Gasteiger partial charge in [-0.3, -0.25) is 14.5 Å². The van der Waals surface area contributed by atoms with E-state index in [9.17, 15) is 24.0 Å². The van der Waals surface area contributed by atoms with Crippen molar-refractivity contribution in [1.29, 1.82) is 0 Å². The number of esters is 3. The van der Waals surface area contributed by atoms with Crippen LogP contribution in [0.15, 0.2) is 55.6 Å². The molecule has 0 bridgehead atoms. The van der Waals surface area contributed by atoms with Crippen molar-refractivity contribution in [2.75, 3.05) is 13.2 Å². The number of β-lactam (4-membered cyclic amide) rings is 1. The second kappa shape index (κ2) is 10.5. The number of benzene rings is 1. The Morgan fingerprint density at radius 1 is 1.03 bits per heavy atom. The van der Waals surface area contributed by atoms with Crippen LogP contribution >= 0.6 is 0 Å². The minimum absolute atomic E-state index is 0.268. The molecule has 0 unspecified atom stereocenters. The lowest BCUT2D eigenvalue weighted by atomic mass is 9.69. The lowest BCUT2D eigenvalue weighted by molar-refractivity contribution is -0.211. The second-order valence-corrected chi connectivity index (χ2v) is 8.64. The summed E-state index contributed by atoms with van der Waals surface area (Å²) in [6, 6.07) is 6.47. The number of carbonyl (C=O) groups is 5. The standard InChI is InChI=1S/C25H29NO8/c1-7-14-32-22(30)25(23(31)33-15-8-2)18(16(3)27)20(28)26(25)19(17-12-10-9-11-13-17)21(29)34-24(4,5)6/h7-13,18-19H,1-2,14-15H2,3-6H3/t18-,19-/m1/s1. The number of nitrogens with zero attached hydrogens (tertiary/aromatic N) is 1. The maximum absolute atomic E-state index is 13.3. The average Bonchev–Trinajstić information content (AvgIpc) is 2.76. The number of rotatable bonds is 10. The van der Waals surface area contributed by atoms with Gasteiger partial charge in [-0.25, -0.2) is 14.4 Å². The molecule has 1 aromatic carbocycles. The van der Waals surface area contributed by atoms with E-state index in [0.717, 1.165) is 11.8 Å². The van der Waals surface area contributed by atoms with Crippen LogP contribution in [0.1, 0.15) is 39.3 Å². The molecule has 1 heterocycles. The normalized spacial score (nSPS) is 17.6. The van der Waals surface area contributed by atoms with Gasteiger partial charge >= 0.3 is 17.9 Å². The summed E-state index contributed by atoms with van der Waals surface area (Å²) in [5.41, 5.74) is -3.22. The van der Waals surface area contributed by atoms with Crippen molar-refractivity contribution < 1.29 is 38.2 Å². The molecule has 0 aromatic heterocycles. The van der Waals surface area contributed by atoms with Crippen LogP contribution in [0.3, 0.4) is 0 Å². The second-order valence-electron chi connectivity index (χ2n) is 8.64. The zero-order valence-electron chi connectivity index (χ0n) is 19.7. The number of carbonyl (C=O) groups excluding carboxylic acids is 5. The van der Waals surface area contributed by atoms with Crippen LogP contribution in [0, 0.1) is 5.92 Å². The Balaban J connectivity index is 2.77. The van der Waals surface area contributed by atoms with Crippen molar-refractivity contribution in [3.63, 3.8) is 0 Å². The molecule has 2 atom stereocenters. The van der Waals surface area contributed by atoms with E-state index in [-0.39, 0.29) is 18.8 Å². The Labute approximate surface area is 198 Å². The van der Waals surface area contributed by atoms with Gasteiger partial charge in [-0.05, 0) is 33.3 Å². The molecule has 0 saturated carbocycles. The smallest absolute Gasteiger partial charge is 0.345 e. The maximum atomic E-state index is 13.3. The highest BCUT2D eigenvalue weighted by molar-refractivity contribution is 6.25. The lowest BCUT2D eigenvalue weighted by Crippen LogP contribution is -2.81. The molecule has 34 heavy (non-hydrogen) atoms. The molecular weight excluding hydrogens is 442 g/mol. The molecule has 1 amide bonds. The summed E-state index contributed by atoms with van der Waals surface area (Å²) < 4.78 is 15.8. The van der Waals surface area contributed by atoms with Crippen molar-refractivity contribution in [2.24, 2.45) is 5.92 Å². The predicted molar refractivity (Wildman–Crippen MR) is 121 cm³/mol. The molecule has 182 valence electrons. The minimum atomic E-state index is -2.54. The van der Waals surface area contributed by atoms with Crippen LogP contribution in [-0.2, 0) is 38.2 Å². The summed E-state index contributed by atoms with van der Waals surface area (Å²) in [6.07, 6.45) is 2.52. The van der Waals surface area contributed by atoms with E-state index in [0.29, 0.717) is 0 Å². The first kappa shape index (κ1) is 26.5. The maximum Gasteiger partial charge on any atom is 0.345 e. The van der Waals surface area contributed by atoms with Crippen LogP contribution in [0.4, 0.5) is 0 Å². The molecule has 0 radical (unpaired) electrons. The molecule has 9 nitrogen and oxygen atoms in total. The molecule has 1 aliphatic rings. The number of Topliss-reactive ketones (excluding diaryl/α,β-unsaturated/α-hetero) is 1. The van der Waals surface area contributed by atoms with E-state index < -0.39 is 52.7 Å². The first-order valence-electron chi connectivity index (χ1n) is 10.6. The van der Waals surface area contributed by atoms with Gasteiger partial charge in [0.25, 0.3) is 5.54 Å². The number of amides is 1. The Hall–Kier alpha value is -3.75. The zero-order chi connectivity index (χ0) is 25.7. The van der Waals surface area contributed by atoms with Gasteiger partial charge in [0.2, 0.25) is 5.91 Å². The molecule has 2 rings (SSSR count). The Kier molecular flexibility index (Phi) is 8.15. The van der Waals surface area contributed by atoms with E-state index in [1.165, 1.54) is 24.3 Å². The summed E-state index contributed by atoms with van der Waals surface area (Å²) in [7, 11) is 0. The van der Waals surface area contributed by atoms with Crippen LogP contribution in [0.25, 0.3) is 0 Å². The SMILES string of the molecule is C=CCOC(=O)C1(C(=O)OCC=C)[C@H](C(C)=O)C(=O)N1[C@@H](C(=O)OC(C)(C)C)c1ccccc1. The van der Waals surface area contributed by atoms with Crippen LogP contribution < -0.4 is 0 Å². The van der Waals surface area contributed by atoms with Crippen LogP contribution in [0.2, 0.25) is 0 Å². The summed E-state index contributed by atoms with van der Waals surface area (Å²) in [5.74, 6) is -6.74. The van der Waals surface area contributed by atoms with Gasteiger partial charge in [0.05, 0.1) is 0 Å². The zero-order valence-corrected chi connectivity index (χ0v) is 19.7. The molecule has 0 spiro atoms. The molecule has 9 heteroatoms. The summed E-state index contributed by atoms with van der Waals surface area (Å²) in [5, 5.41) is 0. The Morgan fingerprint density at radius 3 is 1.94 bits per heavy atom. The van der Waals surface area contributed by atoms with Crippen molar-refractivity contribution in [1.82, 2.24) is 4.90 Å². The predicted octanol–water partition coefficient (Wildman–Crippen LogP) is 2.31. The summed E-state index contributed by atoms with van der Waals surface area (Å²) in [6.45, 7) is 12.3. The number of hydrogen-bond acceptors (Lipinski definition) is 8. The van der Waals surface area contributed by atoms with Gasteiger partial charge in [0, 0.05) is 0 Å². The Bertz CT molecular complexity index is 968.